The summed E-state index contributed by atoms with van der Waals surface area (Å²) in [5.74, 6) is 0.935. The van der Waals surface area contributed by atoms with Crippen LogP contribution in [-0.2, 0) is 13.0 Å². The monoisotopic (exact) mass is 554 g/mol. The van der Waals surface area contributed by atoms with E-state index in [9.17, 15) is 8.78 Å². The Hall–Kier alpha value is -1.88. The largest absolute Gasteiger partial charge is 0.490 e. The number of alkyl halides is 2. The average Bonchev–Trinajstić information content (AvgIpc) is 2.69. The maximum atomic E-state index is 12.5. The summed E-state index contributed by atoms with van der Waals surface area (Å²) in [7, 11) is 0. The Morgan fingerprint density at radius 3 is 2.53 bits per heavy atom. The van der Waals surface area contributed by atoms with E-state index in [2.05, 4.69) is 25.3 Å². The van der Waals surface area contributed by atoms with Crippen molar-refractivity contribution in [1.82, 2.24) is 15.6 Å². The minimum absolute atomic E-state index is 0. The molecule has 166 valence electrons. The van der Waals surface area contributed by atoms with E-state index in [1.807, 2.05) is 13.0 Å². The summed E-state index contributed by atoms with van der Waals surface area (Å²) in [6.07, 6.45) is 2.51. The number of rotatable bonds is 10. The van der Waals surface area contributed by atoms with E-state index in [1.54, 1.807) is 31.3 Å². The highest BCUT2D eigenvalue weighted by Gasteiger charge is 2.11. The van der Waals surface area contributed by atoms with Gasteiger partial charge >= 0.3 is 6.61 Å². The second-order valence-electron chi connectivity index (χ2n) is 5.95. The number of aliphatic imine (C=N–C) groups is 1. The number of pyridine rings is 1. The summed E-state index contributed by atoms with van der Waals surface area (Å²) >= 11 is 5.79. The first-order valence-corrected chi connectivity index (χ1v) is 9.72. The Bertz CT molecular complexity index is 795. The molecule has 1 aromatic heterocycles. The van der Waals surface area contributed by atoms with Crippen molar-refractivity contribution < 1.29 is 18.3 Å². The average molecular weight is 555 g/mol. The molecule has 0 fully saturated rings. The zero-order valence-electron chi connectivity index (χ0n) is 16.8. The number of nitrogens with one attached hydrogen (secondary N) is 2. The van der Waals surface area contributed by atoms with Crippen LogP contribution in [-0.4, -0.2) is 37.3 Å². The van der Waals surface area contributed by atoms with Crippen LogP contribution >= 0.6 is 35.6 Å². The normalized spacial score (nSPS) is 11.1. The number of aromatic nitrogens is 1. The molecule has 0 saturated heterocycles. The summed E-state index contributed by atoms with van der Waals surface area (Å²) < 4.78 is 34.9. The van der Waals surface area contributed by atoms with Crippen molar-refractivity contribution in [3.8, 4) is 11.5 Å². The fourth-order valence-electron chi connectivity index (χ4n) is 2.50. The van der Waals surface area contributed by atoms with Crippen molar-refractivity contribution in [3.63, 3.8) is 0 Å². The van der Waals surface area contributed by atoms with Crippen molar-refractivity contribution in [2.45, 2.75) is 33.4 Å². The Kier molecular flexibility index (Phi) is 12.4. The maximum absolute atomic E-state index is 12.5. The number of hydrogen-bond donors (Lipinski definition) is 2. The van der Waals surface area contributed by atoms with Crippen LogP contribution in [0.15, 0.2) is 41.5 Å². The van der Waals surface area contributed by atoms with Crippen LogP contribution in [0.4, 0.5) is 8.78 Å². The minimum atomic E-state index is -2.90. The molecule has 30 heavy (non-hydrogen) atoms. The Morgan fingerprint density at radius 2 is 1.90 bits per heavy atom. The van der Waals surface area contributed by atoms with Gasteiger partial charge in [0, 0.05) is 19.3 Å². The van der Waals surface area contributed by atoms with Crippen LogP contribution in [0.25, 0.3) is 0 Å². The number of benzene rings is 1. The summed E-state index contributed by atoms with van der Waals surface area (Å²) in [5.41, 5.74) is 1.88. The molecule has 1 aromatic carbocycles. The standard InChI is InChI=1S/C20H25ClF2N4O2.HI/c1-3-24-20(25-10-9-14-6-8-18(21)26-12-14)27-13-15-5-7-16(29-19(22)23)17(11-15)28-4-2;/h5-8,11-12,19H,3-4,9-10,13H2,1-2H3,(H2,24,25,27);1H. The first-order chi connectivity index (χ1) is 14.0. The van der Waals surface area contributed by atoms with E-state index in [1.165, 1.54) is 6.07 Å². The van der Waals surface area contributed by atoms with Crippen molar-refractivity contribution in [2.75, 3.05) is 19.7 Å². The molecule has 0 unspecified atom stereocenters. The van der Waals surface area contributed by atoms with Gasteiger partial charge in [0.25, 0.3) is 0 Å². The highest BCUT2D eigenvalue weighted by molar-refractivity contribution is 14.0. The molecule has 10 heteroatoms. The van der Waals surface area contributed by atoms with Crippen molar-refractivity contribution >= 4 is 41.5 Å². The molecule has 0 bridgehead atoms. The van der Waals surface area contributed by atoms with Crippen LogP contribution < -0.4 is 20.1 Å². The zero-order chi connectivity index (χ0) is 21.1. The predicted octanol–water partition coefficient (Wildman–Crippen LogP) is 4.65. The molecule has 0 aliphatic carbocycles. The molecule has 0 saturated carbocycles. The van der Waals surface area contributed by atoms with Gasteiger partial charge in [-0.2, -0.15) is 8.78 Å². The van der Waals surface area contributed by atoms with Crippen LogP contribution in [0.5, 0.6) is 11.5 Å². The van der Waals surface area contributed by atoms with Crippen molar-refractivity contribution in [1.29, 1.82) is 0 Å². The topological polar surface area (TPSA) is 67.8 Å². The molecule has 2 N–H and O–H groups in total. The highest BCUT2D eigenvalue weighted by atomic mass is 127. The van der Waals surface area contributed by atoms with E-state index in [0.29, 0.717) is 37.4 Å². The lowest BCUT2D eigenvalue weighted by Crippen LogP contribution is -2.38. The molecule has 2 aromatic rings. The molecule has 1 heterocycles. The summed E-state index contributed by atoms with van der Waals surface area (Å²) in [6.45, 7) is 2.92. The van der Waals surface area contributed by atoms with Crippen LogP contribution in [0.1, 0.15) is 25.0 Å². The molecular weight excluding hydrogens is 529 g/mol. The van der Waals surface area contributed by atoms with Crippen molar-refractivity contribution in [3.05, 3.63) is 52.8 Å². The number of hydrogen-bond acceptors (Lipinski definition) is 4. The van der Waals surface area contributed by atoms with Gasteiger partial charge in [0.15, 0.2) is 17.5 Å². The molecule has 0 atom stereocenters. The Balaban J connectivity index is 0.00000450. The van der Waals surface area contributed by atoms with Crippen LogP contribution in [0.2, 0.25) is 5.15 Å². The smallest absolute Gasteiger partial charge is 0.387 e. The van der Waals surface area contributed by atoms with Gasteiger partial charge in [0.1, 0.15) is 5.15 Å². The summed E-state index contributed by atoms with van der Waals surface area (Å²) in [4.78, 5) is 8.59. The van der Waals surface area contributed by atoms with E-state index < -0.39 is 6.61 Å². The second kappa shape index (κ2) is 14.2. The van der Waals surface area contributed by atoms with Crippen LogP contribution in [0.3, 0.4) is 0 Å². The molecule has 6 nitrogen and oxygen atoms in total. The number of ether oxygens (including phenoxy) is 2. The zero-order valence-corrected chi connectivity index (χ0v) is 19.9. The third kappa shape index (κ3) is 9.29. The fraction of sp³-hybridized carbons (Fsp3) is 0.400. The van der Waals surface area contributed by atoms with Gasteiger partial charge < -0.3 is 20.1 Å². The first-order valence-electron chi connectivity index (χ1n) is 9.35. The van der Waals surface area contributed by atoms with E-state index >= 15 is 0 Å². The molecule has 0 aliphatic heterocycles. The molecule has 0 aliphatic rings. The quantitative estimate of drug-likeness (QED) is 0.194. The number of nitrogens with zero attached hydrogens (tertiary/aromatic N) is 2. The Labute approximate surface area is 197 Å². The van der Waals surface area contributed by atoms with Gasteiger partial charge in [-0.25, -0.2) is 9.98 Å². The van der Waals surface area contributed by atoms with Gasteiger partial charge in [0.05, 0.1) is 13.2 Å². The van der Waals surface area contributed by atoms with E-state index in [0.717, 1.165) is 17.5 Å². The second-order valence-corrected chi connectivity index (χ2v) is 6.34. The third-order valence-corrected chi connectivity index (χ3v) is 4.01. The maximum Gasteiger partial charge on any atom is 0.387 e. The lowest BCUT2D eigenvalue weighted by atomic mass is 10.2. The molecular formula is C20H26ClF2IN4O2. The third-order valence-electron chi connectivity index (χ3n) is 3.78. The van der Waals surface area contributed by atoms with Gasteiger partial charge in [0.2, 0.25) is 0 Å². The van der Waals surface area contributed by atoms with Gasteiger partial charge in [-0.05, 0) is 49.6 Å². The summed E-state index contributed by atoms with van der Waals surface area (Å²) in [5, 5.41) is 6.89. The SMILES string of the molecule is CCNC(=NCc1ccc(OC(F)F)c(OCC)c1)NCCc1ccc(Cl)nc1.I. The van der Waals surface area contributed by atoms with E-state index in [-0.39, 0.29) is 35.5 Å². The molecule has 2 rings (SSSR count). The molecule has 0 spiro atoms. The fourth-order valence-corrected chi connectivity index (χ4v) is 2.62. The lowest BCUT2D eigenvalue weighted by Gasteiger charge is -2.13. The highest BCUT2D eigenvalue weighted by Crippen LogP contribution is 2.30. The predicted molar refractivity (Wildman–Crippen MR) is 125 cm³/mol. The minimum Gasteiger partial charge on any atom is -0.490 e. The van der Waals surface area contributed by atoms with Gasteiger partial charge in [-0.1, -0.05) is 23.7 Å². The lowest BCUT2D eigenvalue weighted by molar-refractivity contribution is -0.0514. The number of guanidine groups is 1. The van der Waals surface area contributed by atoms with Gasteiger partial charge in [-0.3, -0.25) is 0 Å². The Morgan fingerprint density at radius 1 is 1.13 bits per heavy atom. The van der Waals surface area contributed by atoms with Crippen LogP contribution in [0, 0.1) is 0 Å². The first kappa shape index (κ1) is 26.2. The van der Waals surface area contributed by atoms with E-state index in [4.69, 9.17) is 16.3 Å². The van der Waals surface area contributed by atoms with Crippen molar-refractivity contribution in [2.24, 2.45) is 4.99 Å². The van der Waals surface area contributed by atoms with Gasteiger partial charge in [-0.15, -0.1) is 24.0 Å². The summed E-state index contributed by atoms with van der Waals surface area (Å²) in [6, 6.07) is 8.50. The molecule has 0 amide bonds. The number of halogens is 4. The molecule has 0 radical (unpaired) electrons.